The van der Waals surface area contributed by atoms with Crippen molar-refractivity contribution in [2.45, 2.75) is 32.6 Å². The molecule has 2 aromatic heterocycles. The third kappa shape index (κ3) is 4.93. The Balaban J connectivity index is 1.48. The molecule has 4 aromatic carbocycles. The molecule has 0 fully saturated rings. The molecule has 45 heavy (non-hydrogen) atoms. The van der Waals surface area contributed by atoms with Gasteiger partial charge in [-0.2, -0.15) is 0 Å². The molecule has 8 rings (SSSR count). The third-order valence-corrected chi connectivity index (χ3v) is 9.03. The van der Waals surface area contributed by atoms with Crippen LogP contribution in [0.5, 0.6) is 0 Å². The lowest BCUT2D eigenvalue weighted by Crippen LogP contribution is -2.35. The van der Waals surface area contributed by atoms with Crippen molar-refractivity contribution in [2.75, 3.05) is 0 Å². The molecule has 4 nitrogen and oxygen atoms in total. The number of hydrogen-bond donors (Lipinski definition) is 0. The van der Waals surface area contributed by atoms with Crippen LogP contribution >= 0.6 is 0 Å². The van der Waals surface area contributed by atoms with Crippen molar-refractivity contribution in [2.24, 2.45) is 5.92 Å². The number of rotatable bonds is 5. The van der Waals surface area contributed by atoms with E-state index in [2.05, 4.69) is 116 Å². The van der Waals surface area contributed by atoms with Gasteiger partial charge in [0, 0.05) is 38.9 Å². The molecule has 218 valence electrons. The molecular weight excluding hydrogens is 548 g/mol. The van der Waals surface area contributed by atoms with Gasteiger partial charge in [0.05, 0.1) is 10.9 Å². The molecule has 0 N–H and O–H groups in total. The Morgan fingerprint density at radius 2 is 1.38 bits per heavy atom. The maximum Gasteiger partial charge on any atom is 0.164 e. The van der Waals surface area contributed by atoms with E-state index in [0.717, 1.165) is 29.8 Å². The predicted molar refractivity (Wildman–Crippen MR) is 184 cm³/mol. The molecule has 0 amide bonds. The largest absolute Gasteiger partial charge is 0.309 e. The van der Waals surface area contributed by atoms with E-state index in [0.29, 0.717) is 23.5 Å². The van der Waals surface area contributed by atoms with E-state index in [1.54, 1.807) is 0 Å². The summed E-state index contributed by atoms with van der Waals surface area (Å²) >= 11 is 0. The SMILES string of the molecule is Cc1ccccc1-n1c2c(c3cc(C4C=CC=CC4)ccc31)=C(c1nc(-c3ccccc3)nc(-c3ccccc3)n1)CC(C)C=2. The van der Waals surface area contributed by atoms with Gasteiger partial charge in [-0.3, -0.25) is 0 Å². The summed E-state index contributed by atoms with van der Waals surface area (Å²) in [5, 5.41) is 3.69. The predicted octanol–water partition coefficient (Wildman–Crippen LogP) is 8.08. The number of benzene rings is 4. The molecule has 2 aliphatic carbocycles. The molecule has 0 aliphatic heterocycles. The summed E-state index contributed by atoms with van der Waals surface area (Å²) in [6.45, 7) is 4.49. The Morgan fingerprint density at radius 3 is 2.04 bits per heavy atom. The van der Waals surface area contributed by atoms with Crippen molar-refractivity contribution in [3.05, 3.63) is 155 Å². The van der Waals surface area contributed by atoms with E-state index in [1.807, 2.05) is 36.4 Å². The summed E-state index contributed by atoms with van der Waals surface area (Å²) in [7, 11) is 0. The maximum absolute atomic E-state index is 5.20. The van der Waals surface area contributed by atoms with Gasteiger partial charge in [-0.25, -0.2) is 15.0 Å². The van der Waals surface area contributed by atoms with Gasteiger partial charge in [-0.05, 0) is 55.0 Å². The van der Waals surface area contributed by atoms with Gasteiger partial charge in [0.2, 0.25) is 0 Å². The van der Waals surface area contributed by atoms with E-state index >= 15 is 0 Å². The van der Waals surface area contributed by atoms with Crippen LogP contribution in [0.15, 0.2) is 127 Å². The normalized spacial score (nSPS) is 17.3. The number of nitrogens with zero attached hydrogens (tertiary/aromatic N) is 4. The van der Waals surface area contributed by atoms with Gasteiger partial charge < -0.3 is 4.57 Å². The fourth-order valence-corrected chi connectivity index (χ4v) is 6.83. The molecule has 2 atom stereocenters. The molecule has 2 unspecified atom stereocenters. The van der Waals surface area contributed by atoms with E-state index in [4.69, 9.17) is 15.0 Å². The van der Waals surface area contributed by atoms with Crippen LogP contribution < -0.4 is 10.6 Å². The molecule has 0 radical (unpaired) electrons. The minimum atomic E-state index is 0.308. The van der Waals surface area contributed by atoms with Crippen molar-refractivity contribution >= 4 is 22.6 Å². The van der Waals surface area contributed by atoms with Crippen LogP contribution in [0.25, 0.3) is 51.0 Å². The van der Waals surface area contributed by atoms with Crippen LogP contribution in [0.3, 0.4) is 0 Å². The highest BCUT2D eigenvalue weighted by molar-refractivity contribution is 5.89. The Hall–Kier alpha value is -5.35. The first-order valence-corrected chi connectivity index (χ1v) is 15.8. The fraction of sp³-hybridized carbons (Fsp3) is 0.146. The molecule has 0 saturated heterocycles. The van der Waals surface area contributed by atoms with Crippen LogP contribution in [0, 0.1) is 12.8 Å². The number of fused-ring (bicyclic) bond motifs is 3. The molecule has 2 heterocycles. The second-order valence-corrected chi connectivity index (χ2v) is 12.2. The van der Waals surface area contributed by atoms with Gasteiger partial charge in [0.25, 0.3) is 0 Å². The summed E-state index contributed by atoms with van der Waals surface area (Å²) in [5.41, 5.74) is 8.12. The van der Waals surface area contributed by atoms with Crippen LogP contribution in [-0.2, 0) is 0 Å². The molecule has 0 saturated carbocycles. The van der Waals surface area contributed by atoms with Gasteiger partial charge >= 0.3 is 0 Å². The van der Waals surface area contributed by atoms with Gasteiger partial charge in [-0.15, -0.1) is 0 Å². The van der Waals surface area contributed by atoms with E-state index < -0.39 is 0 Å². The smallest absolute Gasteiger partial charge is 0.164 e. The summed E-state index contributed by atoms with van der Waals surface area (Å²) < 4.78 is 2.45. The first kappa shape index (κ1) is 27.2. The topological polar surface area (TPSA) is 43.6 Å². The zero-order valence-corrected chi connectivity index (χ0v) is 25.6. The molecule has 4 heteroatoms. The molecular formula is C41H34N4. The highest BCUT2D eigenvalue weighted by Gasteiger charge is 2.24. The first-order valence-electron chi connectivity index (χ1n) is 15.8. The van der Waals surface area contributed by atoms with Crippen molar-refractivity contribution < 1.29 is 0 Å². The van der Waals surface area contributed by atoms with Gasteiger partial charge in [-0.1, -0.05) is 122 Å². The average molecular weight is 583 g/mol. The third-order valence-electron chi connectivity index (χ3n) is 9.03. The van der Waals surface area contributed by atoms with Crippen LogP contribution in [0.2, 0.25) is 0 Å². The Bertz CT molecular complexity index is 2180. The second kappa shape index (κ2) is 11.3. The molecule has 0 bridgehead atoms. The molecule has 6 aromatic rings. The highest BCUT2D eigenvalue weighted by atomic mass is 15.0. The van der Waals surface area contributed by atoms with Crippen molar-refractivity contribution in [1.29, 1.82) is 0 Å². The lowest BCUT2D eigenvalue weighted by Gasteiger charge is -2.17. The zero-order chi connectivity index (χ0) is 30.3. The van der Waals surface area contributed by atoms with Crippen molar-refractivity contribution in [1.82, 2.24) is 19.5 Å². The van der Waals surface area contributed by atoms with Crippen LogP contribution in [0.1, 0.15) is 42.6 Å². The standard InChI is InChI=1S/C41H34N4/c1-27-24-34(41-43-39(30-17-8-4-9-18-30)42-40(44-41)31-19-10-5-11-20-31)38-33-26-32(29-15-6-3-7-16-29)22-23-36(33)45(37(38)25-27)35-21-13-12-14-28(35)2/h3-15,17-23,25-27,29H,16,24H2,1-2H3. The average Bonchev–Trinajstić information content (AvgIpc) is 3.42. The minimum Gasteiger partial charge on any atom is -0.309 e. The molecule has 2 aliphatic rings. The number of allylic oxidation sites excluding steroid dienone is 4. The minimum absolute atomic E-state index is 0.308. The monoisotopic (exact) mass is 582 g/mol. The fourth-order valence-electron chi connectivity index (χ4n) is 6.83. The van der Waals surface area contributed by atoms with E-state index in [9.17, 15) is 0 Å². The lowest BCUT2D eigenvalue weighted by molar-refractivity contribution is 0.770. The van der Waals surface area contributed by atoms with Gasteiger partial charge in [0.15, 0.2) is 17.5 Å². The quantitative estimate of drug-likeness (QED) is 0.206. The van der Waals surface area contributed by atoms with Crippen molar-refractivity contribution in [3.8, 4) is 28.5 Å². The number of hydrogen-bond acceptors (Lipinski definition) is 3. The van der Waals surface area contributed by atoms with Crippen LogP contribution in [-0.4, -0.2) is 19.5 Å². The Morgan fingerprint density at radius 1 is 0.711 bits per heavy atom. The summed E-state index contributed by atoms with van der Waals surface area (Å²) in [6, 6.07) is 36.2. The number of para-hydroxylation sites is 1. The molecule has 0 spiro atoms. The summed E-state index contributed by atoms with van der Waals surface area (Å²) in [5.74, 6) is 2.80. The van der Waals surface area contributed by atoms with Crippen molar-refractivity contribution in [3.63, 3.8) is 0 Å². The Labute approximate surface area is 263 Å². The maximum atomic E-state index is 5.20. The highest BCUT2D eigenvalue weighted by Crippen LogP contribution is 2.31. The second-order valence-electron chi connectivity index (χ2n) is 12.2. The van der Waals surface area contributed by atoms with Gasteiger partial charge in [0.1, 0.15) is 0 Å². The number of aryl methyl sites for hydroxylation is 1. The summed E-state index contributed by atoms with van der Waals surface area (Å²) in [4.78, 5) is 15.4. The summed E-state index contributed by atoms with van der Waals surface area (Å²) in [6.07, 6.45) is 13.2. The van der Waals surface area contributed by atoms with E-state index in [-0.39, 0.29) is 0 Å². The Kier molecular flexibility index (Phi) is 6.83. The zero-order valence-electron chi connectivity index (χ0n) is 25.6. The number of aromatic nitrogens is 4. The lowest BCUT2D eigenvalue weighted by atomic mass is 9.90. The first-order chi connectivity index (χ1) is 22.1. The van der Waals surface area contributed by atoms with E-state index in [1.165, 1.54) is 43.9 Å². The van der Waals surface area contributed by atoms with Crippen LogP contribution in [0.4, 0.5) is 0 Å².